The third-order valence-electron chi connectivity index (χ3n) is 3.38. The number of hydrogen-bond donors (Lipinski definition) is 2. The highest BCUT2D eigenvalue weighted by atomic mass is 16.6. The highest BCUT2D eigenvalue weighted by Crippen LogP contribution is 2.18. The molecule has 1 aromatic carbocycles. The lowest BCUT2D eigenvalue weighted by atomic mass is 10.1. The Hall–Kier alpha value is -2.41. The van der Waals surface area contributed by atoms with Crippen molar-refractivity contribution in [3.05, 3.63) is 51.2 Å². The van der Waals surface area contributed by atoms with E-state index in [2.05, 4.69) is 5.32 Å². The number of nitrogens with one attached hydrogen (secondary N) is 1. The van der Waals surface area contributed by atoms with Gasteiger partial charge in [-0.15, -0.1) is 0 Å². The Morgan fingerprint density at radius 3 is 2.43 bits per heavy atom. The van der Waals surface area contributed by atoms with Crippen molar-refractivity contribution in [1.82, 2.24) is 5.32 Å². The lowest BCUT2D eigenvalue weighted by Gasteiger charge is -2.16. The van der Waals surface area contributed by atoms with Crippen LogP contribution in [0.25, 0.3) is 0 Å². The molecule has 0 spiro atoms. The van der Waals surface area contributed by atoms with Crippen molar-refractivity contribution in [1.29, 1.82) is 0 Å². The van der Waals surface area contributed by atoms with Crippen LogP contribution in [0.1, 0.15) is 38.9 Å². The first-order valence-electron chi connectivity index (χ1n) is 7.43. The molecular weight excluding hydrogens is 300 g/mol. The maximum atomic E-state index is 11.8. The van der Waals surface area contributed by atoms with Gasteiger partial charge in [0.05, 0.1) is 23.2 Å². The summed E-state index contributed by atoms with van der Waals surface area (Å²) in [5.74, 6) is -0.371. The van der Waals surface area contributed by atoms with Crippen LogP contribution >= 0.6 is 0 Å². The zero-order valence-electron chi connectivity index (χ0n) is 13.5. The molecule has 0 aliphatic heterocycles. The van der Waals surface area contributed by atoms with E-state index >= 15 is 0 Å². The fraction of sp³-hybridized carbons (Fsp3) is 0.438. The minimum atomic E-state index is -0.842. The average molecular weight is 322 g/mol. The molecule has 0 radical (unpaired) electrons. The van der Waals surface area contributed by atoms with Crippen molar-refractivity contribution in [3.63, 3.8) is 0 Å². The van der Waals surface area contributed by atoms with Gasteiger partial charge >= 0.3 is 5.97 Å². The molecule has 0 saturated heterocycles. The van der Waals surface area contributed by atoms with Crippen molar-refractivity contribution in [2.45, 2.75) is 33.3 Å². The normalized spacial score (nSPS) is 13.0. The fourth-order valence-corrected chi connectivity index (χ4v) is 2.07. The maximum Gasteiger partial charge on any atom is 0.335 e. The summed E-state index contributed by atoms with van der Waals surface area (Å²) in [4.78, 5) is 21.9. The van der Waals surface area contributed by atoms with Gasteiger partial charge in [0.1, 0.15) is 0 Å². The topological polar surface area (TPSA) is 102 Å². The van der Waals surface area contributed by atoms with Crippen LogP contribution in [-0.2, 0) is 9.53 Å². The first-order chi connectivity index (χ1) is 10.9. The Morgan fingerprint density at radius 2 is 1.96 bits per heavy atom. The number of nitro groups is 1. The summed E-state index contributed by atoms with van der Waals surface area (Å²) < 4.78 is 4.98. The smallest absolute Gasteiger partial charge is 0.335 e. The van der Waals surface area contributed by atoms with Crippen LogP contribution in [0.2, 0.25) is 0 Å². The first kappa shape index (κ1) is 18.6. The molecule has 7 heteroatoms. The van der Waals surface area contributed by atoms with Gasteiger partial charge in [-0.25, -0.2) is 4.79 Å². The Balaban J connectivity index is 2.71. The number of non-ortho nitro benzene ring substituents is 1. The van der Waals surface area contributed by atoms with E-state index in [1.165, 1.54) is 24.3 Å². The van der Waals surface area contributed by atoms with Crippen LogP contribution in [0.3, 0.4) is 0 Å². The number of allylic oxidation sites excluding steroid dienone is 1. The van der Waals surface area contributed by atoms with E-state index in [0.29, 0.717) is 29.9 Å². The number of nitrogens with zero attached hydrogens (tertiary/aromatic N) is 1. The number of aliphatic hydroxyl groups excluding tert-OH is 1. The van der Waals surface area contributed by atoms with Gasteiger partial charge in [0.25, 0.3) is 5.69 Å². The molecular formula is C16H22N2O5. The molecule has 23 heavy (non-hydrogen) atoms. The lowest BCUT2D eigenvalue weighted by Crippen LogP contribution is -2.23. The number of aliphatic hydroxyl groups is 1. The Kier molecular flexibility index (Phi) is 7.21. The number of hydrogen-bond acceptors (Lipinski definition) is 6. The van der Waals surface area contributed by atoms with Crippen molar-refractivity contribution >= 4 is 11.7 Å². The van der Waals surface area contributed by atoms with Crippen LogP contribution in [-0.4, -0.2) is 29.2 Å². The van der Waals surface area contributed by atoms with Crippen molar-refractivity contribution in [2.75, 3.05) is 13.2 Å². The summed E-state index contributed by atoms with van der Waals surface area (Å²) in [7, 11) is 0. The van der Waals surface area contributed by atoms with Gasteiger partial charge in [0.2, 0.25) is 0 Å². The summed E-state index contributed by atoms with van der Waals surface area (Å²) in [6.45, 7) is 5.84. The summed E-state index contributed by atoms with van der Waals surface area (Å²) in [5, 5.41) is 23.7. The molecule has 0 heterocycles. The standard InChI is InChI=1S/C16H22N2O5/c1-4-14(16(20)23-5-2)11(3)17-10-15(19)12-6-8-13(9-7-12)18(21)22/h6-9,15,17,19H,4-5,10H2,1-3H3/b14-11-/t15-/m0/s1. The van der Waals surface area contributed by atoms with Gasteiger partial charge < -0.3 is 15.2 Å². The summed E-state index contributed by atoms with van der Waals surface area (Å²) in [5.41, 5.74) is 1.71. The molecule has 1 aromatic rings. The third kappa shape index (κ3) is 5.37. The molecule has 0 bridgehead atoms. The van der Waals surface area contributed by atoms with Gasteiger partial charge in [-0.2, -0.15) is 0 Å². The van der Waals surface area contributed by atoms with Gasteiger partial charge in [-0.3, -0.25) is 10.1 Å². The number of benzene rings is 1. The second kappa shape index (κ2) is 8.89. The van der Waals surface area contributed by atoms with E-state index in [0.717, 1.165) is 0 Å². The molecule has 0 saturated carbocycles. The molecule has 2 N–H and O–H groups in total. The number of esters is 1. The number of rotatable bonds is 8. The fourth-order valence-electron chi connectivity index (χ4n) is 2.07. The number of nitro benzene ring substituents is 1. The summed E-state index contributed by atoms with van der Waals surface area (Å²) in [6, 6.07) is 5.71. The summed E-state index contributed by atoms with van der Waals surface area (Å²) >= 11 is 0. The predicted octanol–water partition coefficient (Wildman–Crippen LogP) is 2.46. The van der Waals surface area contributed by atoms with Gasteiger partial charge in [-0.1, -0.05) is 6.92 Å². The molecule has 0 aliphatic rings. The minimum Gasteiger partial charge on any atom is -0.463 e. The van der Waals surface area contributed by atoms with E-state index in [1.807, 2.05) is 6.92 Å². The van der Waals surface area contributed by atoms with Crippen molar-refractivity contribution < 1.29 is 19.6 Å². The highest BCUT2D eigenvalue weighted by Gasteiger charge is 2.14. The quantitative estimate of drug-likeness (QED) is 0.330. The largest absolute Gasteiger partial charge is 0.463 e. The summed E-state index contributed by atoms with van der Waals surface area (Å²) in [6.07, 6.45) is -0.322. The van der Waals surface area contributed by atoms with Crippen LogP contribution in [0.4, 0.5) is 5.69 Å². The molecule has 0 aliphatic carbocycles. The number of carbonyl (C=O) groups excluding carboxylic acids is 1. The second-order valence-corrected chi connectivity index (χ2v) is 4.92. The van der Waals surface area contributed by atoms with E-state index < -0.39 is 11.0 Å². The van der Waals surface area contributed by atoms with Gasteiger partial charge in [0.15, 0.2) is 0 Å². The predicted molar refractivity (Wildman–Crippen MR) is 85.7 cm³/mol. The average Bonchev–Trinajstić information content (AvgIpc) is 2.53. The van der Waals surface area contributed by atoms with E-state index in [4.69, 9.17) is 4.74 Å². The lowest BCUT2D eigenvalue weighted by molar-refractivity contribution is -0.384. The Bertz CT molecular complexity index is 581. The van der Waals surface area contributed by atoms with Gasteiger partial charge in [0, 0.05) is 24.4 Å². The molecule has 0 aromatic heterocycles. The van der Waals surface area contributed by atoms with Crippen molar-refractivity contribution in [2.24, 2.45) is 0 Å². The Labute approximate surface area is 135 Å². The van der Waals surface area contributed by atoms with Crippen LogP contribution in [0, 0.1) is 10.1 Å². The third-order valence-corrected chi connectivity index (χ3v) is 3.38. The van der Waals surface area contributed by atoms with Crippen molar-refractivity contribution in [3.8, 4) is 0 Å². The molecule has 7 nitrogen and oxygen atoms in total. The van der Waals surface area contributed by atoms with E-state index in [9.17, 15) is 20.0 Å². The second-order valence-electron chi connectivity index (χ2n) is 4.92. The van der Waals surface area contributed by atoms with Gasteiger partial charge in [-0.05, 0) is 38.0 Å². The highest BCUT2D eigenvalue weighted by molar-refractivity contribution is 5.89. The van der Waals surface area contributed by atoms with E-state index in [-0.39, 0.29) is 18.2 Å². The van der Waals surface area contributed by atoms with Crippen LogP contribution in [0.15, 0.2) is 35.5 Å². The molecule has 126 valence electrons. The SMILES string of the molecule is CCOC(=O)/C(CC)=C(/C)NC[C@H](O)c1ccc([N+](=O)[O-])cc1. The molecule has 0 fully saturated rings. The Morgan fingerprint density at radius 1 is 1.35 bits per heavy atom. The molecule has 1 rings (SSSR count). The zero-order valence-corrected chi connectivity index (χ0v) is 13.5. The molecule has 0 unspecified atom stereocenters. The minimum absolute atomic E-state index is 0.0273. The van der Waals surface area contributed by atoms with Crippen LogP contribution < -0.4 is 5.32 Å². The maximum absolute atomic E-state index is 11.8. The molecule has 0 amide bonds. The zero-order chi connectivity index (χ0) is 17.4. The van der Waals surface area contributed by atoms with E-state index in [1.54, 1.807) is 13.8 Å². The number of ether oxygens (including phenoxy) is 1. The first-order valence-corrected chi connectivity index (χ1v) is 7.43. The number of carbonyl (C=O) groups is 1. The molecule has 1 atom stereocenters. The monoisotopic (exact) mass is 322 g/mol. The van der Waals surface area contributed by atoms with Crippen LogP contribution in [0.5, 0.6) is 0 Å².